The molecule has 0 aliphatic carbocycles. The average molecular weight is 396 g/mol. The van der Waals surface area contributed by atoms with Gasteiger partial charge in [-0.25, -0.2) is 13.4 Å². The molecule has 2 aromatic rings. The lowest BCUT2D eigenvalue weighted by Crippen LogP contribution is -2.17. The molecule has 0 fully saturated rings. The number of carbonyl (C=O) groups is 1. The summed E-state index contributed by atoms with van der Waals surface area (Å²) in [5.41, 5.74) is 2.39. The largest absolute Gasteiger partial charge is 0.324 e. The predicted molar refractivity (Wildman–Crippen MR) is 106 cm³/mol. The topological polar surface area (TPSA) is 81.1 Å². The highest BCUT2D eigenvalue weighted by Crippen LogP contribution is 2.24. The number of para-hydroxylation sites is 1. The Bertz CT molecular complexity index is 889. The van der Waals surface area contributed by atoms with Gasteiger partial charge in [0.05, 0.1) is 22.0 Å². The van der Waals surface area contributed by atoms with Crippen LogP contribution in [0.1, 0.15) is 31.2 Å². The highest BCUT2D eigenvalue weighted by molar-refractivity contribution is 7.99. The minimum absolute atomic E-state index is 0.120. The SMILES string of the molecule is CCCCn1c(SCC(=O)Nc2ccccc2S(C)(=O)=O)nc(C)c1C. The Labute approximate surface area is 159 Å². The summed E-state index contributed by atoms with van der Waals surface area (Å²) in [5, 5.41) is 3.51. The van der Waals surface area contributed by atoms with Crippen molar-refractivity contribution in [3.63, 3.8) is 0 Å². The number of unbranched alkanes of at least 4 members (excludes halogenated alkanes) is 1. The molecule has 0 radical (unpaired) electrons. The molecule has 0 aliphatic heterocycles. The normalized spacial score (nSPS) is 11.5. The number of hydrogen-bond donors (Lipinski definition) is 1. The van der Waals surface area contributed by atoms with Gasteiger partial charge in [0.2, 0.25) is 5.91 Å². The monoisotopic (exact) mass is 395 g/mol. The Balaban J connectivity index is 2.08. The number of sulfone groups is 1. The van der Waals surface area contributed by atoms with Crippen LogP contribution in [-0.2, 0) is 21.2 Å². The van der Waals surface area contributed by atoms with Crippen molar-refractivity contribution >= 4 is 33.2 Å². The second-order valence-corrected chi connectivity index (χ2v) is 9.10. The summed E-state index contributed by atoms with van der Waals surface area (Å²) in [6.45, 7) is 7.01. The van der Waals surface area contributed by atoms with Gasteiger partial charge in [0.25, 0.3) is 0 Å². The number of anilines is 1. The summed E-state index contributed by atoms with van der Waals surface area (Å²) in [5.74, 6) is -0.0911. The van der Waals surface area contributed by atoms with Gasteiger partial charge in [-0.1, -0.05) is 37.2 Å². The van der Waals surface area contributed by atoms with Gasteiger partial charge in [-0.3, -0.25) is 4.79 Å². The molecule has 0 spiro atoms. The Morgan fingerprint density at radius 2 is 1.96 bits per heavy atom. The van der Waals surface area contributed by atoms with Crippen molar-refractivity contribution in [2.24, 2.45) is 0 Å². The molecular formula is C18H25N3O3S2. The number of nitrogens with one attached hydrogen (secondary N) is 1. The molecule has 26 heavy (non-hydrogen) atoms. The fraction of sp³-hybridized carbons (Fsp3) is 0.444. The minimum atomic E-state index is -3.40. The van der Waals surface area contributed by atoms with Crippen molar-refractivity contribution in [1.29, 1.82) is 0 Å². The number of aryl methyl sites for hydroxylation is 1. The summed E-state index contributed by atoms with van der Waals surface area (Å²) in [6, 6.07) is 6.41. The van der Waals surface area contributed by atoms with Crippen LogP contribution in [-0.4, -0.2) is 35.9 Å². The molecule has 1 amide bonds. The number of benzene rings is 1. The van der Waals surface area contributed by atoms with Gasteiger partial charge in [-0.05, 0) is 32.4 Å². The van der Waals surface area contributed by atoms with Crippen LogP contribution < -0.4 is 5.32 Å². The van der Waals surface area contributed by atoms with Gasteiger partial charge >= 0.3 is 0 Å². The van der Waals surface area contributed by atoms with E-state index in [1.54, 1.807) is 18.2 Å². The molecule has 142 valence electrons. The van der Waals surface area contributed by atoms with Gasteiger partial charge in [0.1, 0.15) is 0 Å². The third-order valence-electron chi connectivity index (χ3n) is 4.05. The molecule has 8 heteroatoms. The molecule has 0 aliphatic rings. The second-order valence-electron chi connectivity index (χ2n) is 6.18. The summed E-state index contributed by atoms with van der Waals surface area (Å²) < 4.78 is 25.8. The molecule has 0 unspecified atom stereocenters. The van der Waals surface area contributed by atoms with Crippen LogP contribution in [0.4, 0.5) is 5.69 Å². The molecular weight excluding hydrogens is 370 g/mol. The van der Waals surface area contributed by atoms with E-state index in [4.69, 9.17) is 0 Å². The Hall–Kier alpha value is -1.80. The van der Waals surface area contributed by atoms with Gasteiger partial charge < -0.3 is 9.88 Å². The van der Waals surface area contributed by atoms with Crippen molar-refractivity contribution in [1.82, 2.24) is 9.55 Å². The maximum atomic E-state index is 12.3. The lowest BCUT2D eigenvalue weighted by atomic mass is 10.3. The average Bonchev–Trinajstić information content (AvgIpc) is 2.85. The highest BCUT2D eigenvalue weighted by Gasteiger charge is 2.16. The lowest BCUT2D eigenvalue weighted by molar-refractivity contribution is -0.113. The third-order valence-corrected chi connectivity index (χ3v) is 6.18. The van der Waals surface area contributed by atoms with Crippen LogP contribution in [0.5, 0.6) is 0 Å². The van der Waals surface area contributed by atoms with E-state index in [2.05, 4.69) is 21.8 Å². The third kappa shape index (κ3) is 5.11. The fourth-order valence-corrected chi connectivity index (χ4v) is 4.29. The maximum absolute atomic E-state index is 12.3. The van der Waals surface area contributed by atoms with E-state index < -0.39 is 9.84 Å². The lowest BCUT2D eigenvalue weighted by Gasteiger charge is -2.11. The first kappa shape index (κ1) is 20.5. The number of amides is 1. The van der Waals surface area contributed by atoms with E-state index >= 15 is 0 Å². The van der Waals surface area contributed by atoms with Crippen LogP contribution >= 0.6 is 11.8 Å². The Kier molecular flexibility index (Phi) is 6.88. The van der Waals surface area contributed by atoms with Crippen LogP contribution in [0.3, 0.4) is 0 Å². The summed E-state index contributed by atoms with van der Waals surface area (Å²) in [6.07, 6.45) is 3.27. The molecule has 1 heterocycles. The van der Waals surface area contributed by atoms with E-state index in [0.29, 0.717) is 5.69 Å². The Morgan fingerprint density at radius 3 is 2.62 bits per heavy atom. The zero-order valence-corrected chi connectivity index (χ0v) is 17.2. The molecule has 0 saturated heterocycles. The first-order chi connectivity index (χ1) is 12.2. The van der Waals surface area contributed by atoms with Crippen molar-refractivity contribution in [2.75, 3.05) is 17.3 Å². The van der Waals surface area contributed by atoms with Crippen LogP contribution in [0.25, 0.3) is 0 Å². The van der Waals surface area contributed by atoms with E-state index in [-0.39, 0.29) is 16.6 Å². The van der Waals surface area contributed by atoms with E-state index in [1.807, 2.05) is 13.8 Å². The quantitative estimate of drug-likeness (QED) is 0.693. The number of nitrogens with zero attached hydrogens (tertiary/aromatic N) is 2. The van der Waals surface area contributed by atoms with Crippen molar-refractivity contribution in [2.45, 2.75) is 50.2 Å². The molecule has 1 aromatic carbocycles. The number of imidazole rings is 1. The summed E-state index contributed by atoms with van der Waals surface area (Å²) in [7, 11) is -3.40. The zero-order valence-electron chi connectivity index (χ0n) is 15.6. The zero-order chi connectivity index (χ0) is 19.3. The van der Waals surface area contributed by atoms with Gasteiger partial charge in [0, 0.05) is 18.5 Å². The van der Waals surface area contributed by atoms with Crippen LogP contribution in [0.2, 0.25) is 0 Å². The van der Waals surface area contributed by atoms with Crippen LogP contribution in [0, 0.1) is 13.8 Å². The van der Waals surface area contributed by atoms with Gasteiger partial charge in [-0.15, -0.1) is 0 Å². The van der Waals surface area contributed by atoms with Crippen molar-refractivity contribution < 1.29 is 13.2 Å². The minimum Gasteiger partial charge on any atom is -0.324 e. The fourth-order valence-electron chi connectivity index (χ4n) is 2.52. The van der Waals surface area contributed by atoms with Crippen molar-refractivity contribution in [3.05, 3.63) is 35.7 Å². The summed E-state index contributed by atoms with van der Waals surface area (Å²) >= 11 is 1.36. The molecule has 2 rings (SSSR count). The first-order valence-corrected chi connectivity index (χ1v) is 11.4. The van der Waals surface area contributed by atoms with Crippen LogP contribution in [0.15, 0.2) is 34.3 Å². The van der Waals surface area contributed by atoms with Gasteiger partial charge in [0.15, 0.2) is 15.0 Å². The maximum Gasteiger partial charge on any atom is 0.234 e. The molecule has 1 aromatic heterocycles. The van der Waals surface area contributed by atoms with E-state index in [1.165, 1.54) is 17.8 Å². The van der Waals surface area contributed by atoms with Crippen molar-refractivity contribution in [3.8, 4) is 0 Å². The number of hydrogen-bond acceptors (Lipinski definition) is 5. The molecule has 0 bridgehead atoms. The first-order valence-electron chi connectivity index (χ1n) is 8.49. The van der Waals surface area contributed by atoms with E-state index in [9.17, 15) is 13.2 Å². The standard InChI is InChI=1S/C18H25N3O3S2/c1-5-6-11-21-14(3)13(2)19-18(21)25-12-17(22)20-15-9-7-8-10-16(15)26(4,23)24/h7-10H,5-6,11-12H2,1-4H3,(H,20,22). The molecule has 0 saturated carbocycles. The van der Waals surface area contributed by atoms with Gasteiger partial charge in [-0.2, -0.15) is 0 Å². The second kappa shape index (κ2) is 8.73. The molecule has 0 atom stereocenters. The predicted octanol–water partition coefficient (Wildman–Crippen LogP) is 3.43. The number of aromatic nitrogens is 2. The molecule has 6 nitrogen and oxygen atoms in total. The van der Waals surface area contributed by atoms with E-state index in [0.717, 1.165) is 42.2 Å². The number of thioether (sulfide) groups is 1. The number of rotatable bonds is 8. The Morgan fingerprint density at radius 1 is 1.27 bits per heavy atom. The summed E-state index contributed by atoms with van der Waals surface area (Å²) in [4.78, 5) is 17.0. The highest BCUT2D eigenvalue weighted by atomic mass is 32.2. The molecule has 1 N–H and O–H groups in total. The number of carbonyl (C=O) groups excluding carboxylic acids is 1. The smallest absolute Gasteiger partial charge is 0.234 e.